The van der Waals surface area contributed by atoms with Crippen molar-refractivity contribution in [1.29, 1.82) is 0 Å². The second-order valence-electron chi connectivity index (χ2n) is 8.18. The van der Waals surface area contributed by atoms with Crippen molar-refractivity contribution >= 4 is 23.6 Å². The van der Waals surface area contributed by atoms with Crippen LogP contribution in [0.3, 0.4) is 0 Å². The summed E-state index contributed by atoms with van der Waals surface area (Å²) >= 11 is 0. The minimum absolute atomic E-state index is 0.178. The first-order valence-electron chi connectivity index (χ1n) is 11.3. The van der Waals surface area contributed by atoms with Crippen molar-refractivity contribution < 1.29 is 28.9 Å². The summed E-state index contributed by atoms with van der Waals surface area (Å²) in [6.45, 7) is 0.302. The Kier molecular flexibility index (Phi) is 8.93. The van der Waals surface area contributed by atoms with E-state index in [0.29, 0.717) is 34.9 Å². The number of rotatable bonds is 9. The summed E-state index contributed by atoms with van der Waals surface area (Å²) in [6, 6.07) is 11.1. The molecule has 1 amide bonds. The van der Waals surface area contributed by atoms with Crippen LogP contribution in [0.1, 0.15) is 47.2 Å². The van der Waals surface area contributed by atoms with E-state index in [2.05, 4.69) is 15.4 Å². The molecule has 0 saturated heterocycles. The fraction of sp³-hybridized carbons (Fsp3) is 0.385. The van der Waals surface area contributed by atoms with Crippen molar-refractivity contribution in [2.75, 3.05) is 26.6 Å². The number of aliphatic hydroxyl groups is 1. The summed E-state index contributed by atoms with van der Waals surface area (Å²) in [5.41, 5.74) is 2.75. The molecular formula is C26H32N2O6. The lowest BCUT2D eigenvalue weighted by Crippen LogP contribution is -2.30. The molecule has 3 rings (SSSR count). The van der Waals surface area contributed by atoms with Gasteiger partial charge in [-0.2, -0.15) is 0 Å². The maximum Gasteiger partial charge on any atom is 0.330 e. The van der Waals surface area contributed by atoms with E-state index in [-0.39, 0.29) is 18.1 Å². The highest BCUT2D eigenvalue weighted by Gasteiger charge is 2.21. The summed E-state index contributed by atoms with van der Waals surface area (Å²) in [7, 11) is 4.45. The zero-order valence-corrected chi connectivity index (χ0v) is 19.8. The third-order valence-electron chi connectivity index (χ3n) is 5.86. The first-order chi connectivity index (χ1) is 16.4. The molecular weight excluding hydrogens is 436 g/mol. The van der Waals surface area contributed by atoms with E-state index in [0.717, 1.165) is 31.2 Å². The molecule has 2 aromatic rings. The lowest BCUT2D eigenvalue weighted by molar-refractivity contribution is -0.134. The molecule has 0 unspecified atom stereocenters. The number of methoxy groups -OCH3 is 3. The standard InChI is InChI=1S/C26H32N2O6/c1-32-23-12-5-18(15-24(23)33-2)16-27-26(31)21-14-17(6-13-25(30)34-3)4-11-22(21)28-19-7-9-20(29)10-8-19/h4-6,11-15,19-20,28-29H,7-10,16H2,1-3H3,(H,27,31). The van der Waals surface area contributed by atoms with Crippen LogP contribution in [0.5, 0.6) is 11.5 Å². The van der Waals surface area contributed by atoms with Gasteiger partial charge in [-0.25, -0.2) is 4.79 Å². The van der Waals surface area contributed by atoms with Crippen LogP contribution in [0.15, 0.2) is 42.5 Å². The van der Waals surface area contributed by atoms with Gasteiger partial charge in [0.05, 0.1) is 33.0 Å². The van der Waals surface area contributed by atoms with E-state index >= 15 is 0 Å². The Balaban J connectivity index is 1.79. The Morgan fingerprint density at radius 1 is 1.00 bits per heavy atom. The predicted molar refractivity (Wildman–Crippen MR) is 130 cm³/mol. The third kappa shape index (κ3) is 6.74. The number of benzene rings is 2. The molecule has 1 saturated carbocycles. The lowest BCUT2D eigenvalue weighted by Gasteiger charge is -2.28. The number of hydrogen-bond donors (Lipinski definition) is 3. The summed E-state index contributed by atoms with van der Waals surface area (Å²) < 4.78 is 15.3. The number of anilines is 1. The Bertz CT molecular complexity index is 1030. The summed E-state index contributed by atoms with van der Waals surface area (Å²) in [5.74, 6) is 0.488. The van der Waals surface area contributed by atoms with Gasteiger partial charge in [0, 0.05) is 24.4 Å². The fourth-order valence-electron chi connectivity index (χ4n) is 3.92. The number of carbonyl (C=O) groups is 2. The Morgan fingerprint density at radius 3 is 2.41 bits per heavy atom. The predicted octanol–water partition coefficient (Wildman–Crippen LogP) is 3.54. The largest absolute Gasteiger partial charge is 0.493 e. The van der Waals surface area contributed by atoms with Gasteiger partial charge < -0.3 is 30.0 Å². The van der Waals surface area contributed by atoms with Gasteiger partial charge in [0.15, 0.2) is 11.5 Å². The minimum atomic E-state index is -0.470. The smallest absolute Gasteiger partial charge is 0.330 e. The van der Waals surface area contributed by atoms with Crippen LogP contribution in [0.2, 0.25) is 0 Å². The number of hydrogen-bond acceptors (Lipinski definition) is 7. The van der Waals surface area contributed by atoms with Crippen LogP contribution in [-0.4, -0.2) is 50.5 Å². The average Bonchev–Trinajstić information content (AvgIpc) is 2.87. The van der Waals surface area contributed by atoms with E-state index in [4.69, 9.17) is 9.47 Å². The van der Waals surface area contributed by atoms with Gasteiger partial charge in [0.1, 0.15) is 0 Å². The van der Waals surface area contributed by atoms with Crippen LogP contribution in [-0.2, 0) is 16.1 Å². The molecule has 8 nitrogen and oxygen atoms in total. The van der Waals surface area contributed by atoms with Gasteiger partial charge in [-0.05, 0) is 67.2 Å². The number of aliphatic hydroxyl groups excluding tert-OH is 1. The molecule has 1 aliphatic carbocycles. The molecule has 2 aromatic carbocycles. The number of ether oxygens (including phenoxy) is 3. The van der Waals surface area contributed by atoms with Crippen molar-refractivity contribution in [3.63, 3.8) is 0 Å². The van der Waals surface area contributed by atoms with Crippen molar-refractivity contribution in [1.82, 2.24) is 5.32 Å². The highest BCUT2D eigenvalue weighted by Crippen LogP contribution is 2.28. The number of carbonyl (C=O) groups excluding carboxylic acids is 2. The van der Waals surface area contributed by atoms with Crippen molar-refractivity contribution in [3.05, 3.63) is 59.2 Å². The van der Waals surface area contributed by atoms with Crippen LogP contribution in [0, 0.1) is 0 Å². The molecule has 0 spiro atoms. The number of esters is 1. The number of nitrogens with one attached hydrogen (secondary N) is 2. The molecule has 1 fully saturated rings. The van der Waals surface area contributed by atoms with Crippen molar-refractivity contribution in [3.8, 4) is 11.5 Å². The topological polar surface area (TPSA) is 106 Å². The van der Waals surface area contributed by atoms with Crippen LogP contribution in [0.4, 0.5) is 5.69 Å². The van der Waals surface area contributed by atoms with E-state index in [9.17, 15) is 14.7 Å². The molecule has 182 valence electrons. The molecule has 0 aliphatic heterocycles. The fourth-order valence-corrected chi connectivity index (χ4v) is 3.92. The molecule has 0 heterocycles. The molecule has 34 heavy (non-hydrogen) atoms. The van der Waals surface area contributed by atoms with Crippen LogP contribution in [0.25, 0.3) is 6.08 Å². The van der Waals surface area contributed by atoms with Gasteiger partial charge >= 0.3 is 5.97 Å². The molecule has 0 radical (unpaired) electrons. The van der Waals surface area contributed by atoms with Crippen LogP contribution < -0.4 is 20.1 Å². The maximum atomic E-state index is 13.2. The molecule has 8 heteroatoms. The maximum absolute atomic E-state index is 13.2. The SMILES string of the molecule is COC(=O)C=Cc1ccc(NC2CCC(O)CC2)c(C(=O)NCc2ccc(OC)c(OC)c2)c1. The lowest BCUT2D eigenvalue weighted by atomic mass is 9.92. The molecule has 0 aromatic heterocycles. The molecule has 1 aliphatic rings. The summed E-state index contributed by atoms with van der Waals surface area (Å²) in [6.07, 6.45) is 5.80. The number of amides is 1. The van der Waals surface area contributed by atoms with E-state index < -0.39 is 5.97 Å². The van der Waals surface area contributed by atoms with Gasteiger partial charge in [0.2, 0.25) is 0 Å². The quantitative estimate of drug-likeness (QED) is 0.382. The highest BCUT2D eigenvalue weighted by atomic mass is 16.5. The summed E-state index contributed by atoms with van der Waals surface area (Å²) in [5, 5.41) is 16.2. The van der Waals surface area contributed by atoms with E-state index in [1.165, 1.54) is 13.2 Å². The Labute approximate surface area is 199 Å². The first-order valence-corrected chi connectivity index (χ1v) is 11.3. The second kappa shape index (κ2) is 12.1. The monoisotopic (exact) mass is 468 g/mol. The van der Waals surface area contributed by atoms with Gasteiger partial charge in [-0.15, -0.1) is 0 Å². The minimum Gasteiger partial charge on any atom is -0.493 e. The van der Waals surface area contributed by atoms with Crippen LogP contribution >= 0.6 is 0 Å². The van der Waals surface area contributed by atoms with E-state index in [1.807, 2.05) is 24.3 Å². The zero-order chi connectivity index (χ0) is 24.5. The second-order valence-corrected chi connectivity index (χ2v) is 8.18. The average molecular weight is 469 g/mol. The van der Waals surface area contributed by atoms with E-state index in [1.54, 1.807) is 32.4 Å². The summed E-state index contributed by atoms with van der Waals surface area (Å²) in [4.78, 5) is 24.7. The van der Waals surface area contributed by atoms with Crippen molar-refractivity contribution in [2.24, 2.45) is 0 Å². The van der Waals surface area contributed by atoms with Gasteiger partial charge in [-0.1, -0.05) is 12.1 Å². The highest BCUT2D eigenvalue weighted by molar-refractivity contribution is 6.00. The Morgan fingerprint density at radius 2 is 1.74 bits per heavy atom. The Hall–Kier alpha value is -3.52. The van der Waals surface area contributed by atoms with Gasteiger partial charge in [-0.3, -0.25) is 4.79 Å². The third-order valence-corrected chi connectivity index (χ3v) is 5.86. The molecule has 3 N–H and O–H groups in total. The van der Waals surface area contributed by atoms with Crippen molar-refractivity contribution in [2.45, 2.75) is 44.4 Å². The van der Waals surface area contributed by atoms with Gasteiger partial charge in [0.25, 0.3) is 5.91 Å². The normalized spacial score (nSPS) is 17.8. The molecule has 0 bridgehead atoms. The zero-order valence-electron chi connectivity index (χ0n) is 19.8. The molecule has 0 atom stereocenters. The first kappa shape index (κ1) is 25.1.